The Morgan fingerprint density at radius 3 is 2.48 bits per heavy atom. The van der Waals surface area contributed by atoms with Crippen LogP contribution in [0.5, 0.6) is 0 Å². The Hall–Kier alpha value is -2.33. The smallest absolute Gasteiger partial charge is 0.277 e. The van der Waals surface area contributed by atoms with E-state index in [1.54, 1.807) is 0 Å². The van der Waals surface area contributed by atoms with Crippen LogP contribution in [0.4, 0.5) is 5.69 Å². The number of amides is 1. The zero-order valence-electron chi connectivity index (χ0n) is 15.5. The lowest BCUT2D eigenvalue weighted by Crippen LogP contribution is -2.55. The van der Waals surface area contributed by atoms with Gasteiger partial charge in [0, 0.05) is 18.3 Å². The number of hydrogen-bond donors (Lipinski definition) is 2. The van der Waals surface area contributed by atoms with Crippen LogP contribution in [-0.4, -0.2) is 34.2 Å². The zero-order valence-corrected chi connectivity index (χ0v) is 15.5. The van der Waals surface area contributed by atoms with Crippen molar-refractivity contribution in [3.05, 3.63) is 65.7 Å². The lowest BCUT2D eigenvalue weighted by atomic mass is 9.72. The molecule has 2 heterocycles. The van der Waals surface area contributed by atoms with E-state index in [2.05, 4.69) is 23.5 Å². The Morgan fingerprint density at radius 1 is 1.00 bits per heavy atom. The molecule has 140 valence electrons. The molecule has 2 aromatic carbocycles. The van der Waals surface area contributed by atoms with Gasteiger partial charge < -0.3 is 15.3 Å². The number of aliphatic hydroxyl groups is 1. The second-order valence-corrected chi connectivity index (χ2v) is 8.35. The van der Waals surface area contributed by atoms with Crippen molar-refractivity contribution in [2.75, 3.05) is 11.9 Å². The summed E-state index contributed by atoms with van der Waals surface area (Å²) < 4.78 is 0. The highest BCUT2D eigenvalue weighted by molar-refractivity contribution is 5.96. The molecule has 2 N–H and O–H groups in total. The van der Waals surface area contributed by atoms with Crippen LogP contribution in [0.3, 0.4) is 0 Å². The maximum atomic E-state index is 13.5. The summed E-state index contributed by atoms with van der Waals surface area (Å²) in [4.78, 5) is 15.5. The van der Waals surface area contributed by atoms with Gasteiger partial charge in [0.25, 0.3) is 5.91 Å². The monoisotopic (exact) mass is 362 g/mol. The molecule has 3 aliphatic rings. The predicted molar refractivity (Wildman–Crippen MR) is 105 cm³/mol. The second kappa shape index (κ2) is 6.10. The Bertz CT molecular complexity index is 862. The minimum atomic E-state index is -1.57. The van der Waals surface area contributed by atoms with E-state index in [1.165, 1.54) is 19.3 Å². The largest absolute Gasteiger partial charge is 0.362 e. The lowest BCUT2D eigenvalue weighted by molar-refractivity contribution is -0.144. The summed E-state index contributed by atoms with van der Waals surface area (Å²) in [5.74, 6) is -0.151. The van der Waals surface area contributed by atoms with Crippen LogP contribution in [-0.2, 0) is 16.6 Å². The van der Waals surface area contributed by atoms with E-state index in [0.29, 0.717) is 13.0 Å². The highest BCUT2D eigenvalue weighted by Crippen LogP contribution is 2.54. The van der Waals surface area contributed by atoms with Gasteiger partial charge in [0.05, 0.1) is 5.41 Å². The third kappa shape index (κ3) is 2.36. The molecule has 0 bridgehead atoms. The third-order valence-electron chi connectivity index (χ3n) is 6.83. The van der Waals surface area contributed by atoms with Crippen LogP contribution in [0, 0.1) is 0 Å². The van der Waals surface area contributed by atoms with Gasteiger partial charge >= 0.3 is 0 Å². The van der Waals surface area contributed by atoms with Crippen LogP contribution < -0.4 is 5.32 Å². The van der Waals surface area contributed by atoms with E-state index in [9.17, 15) is 9.90 Å². The SMILES string of the molecule is O=C1N(C2CCCCC2)C[C@]2(Cc3ccccc3)c3ccccc3N[C@]12O. The van der Waals surface area contributed by atoms with Crippen molar-refractivity contribution >= 4 is 11.6 Å². The molecule has 2 atom stereocenters. The van der Waals surface area contributed by atoms with Crippen LogP contribution in [0.15, 0.2) is 54.6 Å². The molecule has 1 saturated carbocycles. The number of carbonyl (C=O) groups is 1. The summed E-state index contributed by atoms with van der Waals surface area (Å²) in [6.07, 6.45) is 6.32. The van der Waals surface area contributed by atoms with Gasteiger partial charge in [-0.3, -0.25) is 4.79 Å². The first-order valence-corrected chi connectivity index (χ1v) is 10.1. The van der Waals surface area contributed by atoms with E-state index in [0.717, 1.165) is 29.7 Å². The summed E-state index contributed by atoms with van der Waals surface area (Å²) in [7, 11) is 0. The van der Waals surface area contributed by atoms with Crippen molar-refractivity contribution in [3.8, 4) is 0 Å². The molecule has 2 aromatic rings. The Kier molecular flexibility index (Phi) is 3.80. The molecule has 0 spiro atoms. The average molecular weight is 362 g/mol. The summed E-state index contributed by atoms with van der Waals surface area (Å²) in [5, 5.41) is 14.9. The molecule has 1 amide bonds. The number of anilines is 1. The molecule has 0 unspecified atom stereocenters. The van der Waals surface area contributed by atoms with Crippen molar-refractivity contribution in [3.63, 3.8) is 0 Å². The van der Waals surface area contributed by atoms with Crippen molar-refractivity contribution < 1.29 is 9.90 Å². The van der Waals surface area contributed by atoms with E-state index >= 15 is 0 Å². The molecule has 5 rings (SSSR count). The minimum Gasteiger partial charge on any atom is -0.362 e. The number of carbonyl (C=O) groups excluding carboxylic acids is 1. The number of nitrogens with one attached hydrogen (secondary N) is 1. The van der Waals surface area contributed by atoms with Gasteiger partial charge in [0.1, 0.15) is 0 Å². The molecule has 1 saturated heterocycles. The summed E-state index contributed by atoms with van der Waals surface area (Å²) in [5.41, 5.74) is 0.868. The quantitative estimate of drug-likeness (QED) is 0.879. The van der Waals surface area contributed by atoms with Gasteiger partial charge in [-0.2, -0.15) is 0 Å². The predicted octanol–water partition coefficient (Wildman–Crippen LogP) is 3.46. The van der Waals surface area contributed by atoms with E-state index < -0.39 is 11.1 Å². The van der Waals surface area contributed by atoms with Crippen LogP contribution >= 0.6 is 0 Å². The Labute approximate surface area is 160 Å². The normalized spacial score (nSPS) is 30.1. The number of fused-ring (bicyclic) bond motifs is 3. The number of para-hydroxylation sites is 1. The van der Waals surface area contributed by atoms with Gasteiger partial charge in [-0.25, -0.2) is 0 Å². The maximum Gasteiger partial charge on any atom is 0.277 e. The van der Waals surface area contributed by atoms with Gasteiger partial charge in [-0.15, -0.1) is 0 Å². The van der Waals surface area contributed by atoms with E-state index in [-0.39, 0.29) is 11.9 Å². The maximum absolute atomic E-state index is 13.5. The molecule has 27 heavy (non-hydrogen) atoms. The van der Waals surface area contributed by atoms with Gasteiger partial charge in [-0.05, 0) is 36.5 Å². The molecule has 0 aromatic heterocycles. The topological polar surface area (TPSA) is 52.6 Å². The average Bonchev–Trinajstić information content (AvgIpc) is 3.08. The van der Waals surface area contributed by atoms with Gasteiger partial charge in [0.15, 0.2) is 0 Å². The first-order chi connectivity index (χ1) is 13.1. The van der Waals surface area contributed by atoms with Gasteiger partial charge in [0.2, 0.25) is 5.72 Å². The van der Waals surface area contributed by atoms with Crippen molar-refractivity contribution in [2.24, 2.45) is 0 Å². The third-order valence-corrected chi connectivity index (χ3v) is 6.83. The van der Waals surface area contributed by atoms with Crippen molar-refractivity contribution in [1.29, 1.82) is 0 Å². The number of benzene rings is 2. The van der Waals surface area contributed by atoms with Crippen LogP contribution in [0.1, 0.15) is 43.2 Å². The standard InChI is InChI=1S/C23H26N2O2/c26-21-23(27)22(15-17-9-3-1-4-10-17,19-13-7-8-14-20(19)24-23)16-25(21)18-11-5-2-6-12-18/h1,3-4,7-10,13-14,18,24,27H,2,5-6,11-12,15-16H2/t22-,23+/m1/s1. The molecule has 4 nitrogen and oxygen atoms in total. The lowest BCUT2D eigenvalue weighted by Gasteiger charge is -2.34. The van der Waals surface area contributed by atoms with Crippen molar-refractivity contribution in [1.82, 2.24) is 4.90 Å². The summed E-state index contributed by atoms with van der Waals surface area (Å²) in [6, 6.07) is 18.5. The fourth-order valence-corrected chi connectivity index (χ4v) is 5.46. The minimum absolute atomic E-state index is 0.151. The molecule has 1 aliphatic carbocycles. The molecular formula is C23H26N2O2. The Morgan fingerprint density at radius 2 is 1.70 bits per heavy atom. The summed E-state index contributed by atoms with van der Waals surface area (Å²) in [6.45, 7) is 0.575. The van der Waals surface area contributed by atoms with E-state index in [1.807, 2.05) is 41.3 Å². The van der Waals surface area contributed by atoms with Crippen LogP contribution in [0.2, 0.25) is 0 Å². The second-order valence-electron chi connectivity index (χ2n) is 8.35. The molecule has 2 fully saturated rings. The fraction of sp³-hybridized carbons (Fsp3) is 0.435. The highest BCUT2D eigenvalue weighted by atomic mass is 16.3. The molecule has 0 radical (unpaired) electrons. The van der Waals surface area contributed by atoms with Gasteiger partial charge in [-0.1, -0.05) is 67.8 Å². The molecule has 4 heteroatoms. The first-order valence-electron chi connectivity index (χ1n) is 10.1. The number of likely N-dealkylation sites (tertiary alicyclic amines) is 1. The number of nitrogens with zero attached hydrogens (tertiary/aromatic N) is 1. The molecule has 2 aliphatic heterocycles. The molecular weight excluding hydrogens is 336 g/mol. The zero-order chi connectivity index (χ0) is 18.5. The highest BCUT2D eigenvalue weighted by Gasteiger charge is 2.68. The first kappa shape index (κ1) is 16.8. The van der Waals surface area contributed by atoms with Crippen LogP contribution in [0.25, 0.3) is 0 Å². The Balaban J connectivity index is 1.61. The number of hydrogen-bond acceptors (Lipinski definition) is 3. The van der Waals surface area contributed by atoms with E-state index in [4.69, 9.17) is 0 Å². The fourth-order valence-electron chi connectivity index (χ4n) is 5.46. The van der Waals surface area contributed by atoms with Crippen molar-refractivity contribution in [2.45, 2.75) is 55.7 Å². The number of rotatable bonds is 3. The summed E-state index contributed by atoms with van der Waals surface area (Å²) >= 11 is 0.